The molecule has 0 atom stereocenters. The Hall–Kier alpha value is -2.40. The smallest absolute Gasteiger partial charge is 0.149 e. The lowest BCUT2D eigenvalue weighted by molar-refractivity contribution is 0.586. The van der Waals surface area contributed by atoms with Gasteiger partial charge in [0.15, 0.2) is 0 Å². The first kappa shape index (κ1) is 13.6. The van der Waals surface area contributed by atoms with Crippen LogP contribution in [0.1, 0.15) is 5.56 Å². The lowest BCUT2D eigenvalue weighted by Crippen LogP contribution is -2.03. The molecule has 1 heterocycles. The summed E-state index contributed by atoms with van der Waals surface area (Å²) in [6, 6.07) is 9.22. The van der Waals surface area contributed by atoms with E-state index in [1.165, 1.54) is 17.7 Å². The molecule has 2 aromatic carbocycles. The van der Waals surface area contributed by atoms with Crippen molar-refractivity contribution in [2.45, 2.75) is 6.54 Å². The van der Waals surface area contributed by atoms with E-state index in [1.54, 1.807) is 0 Å². The van der Waals surface area contributed by atoms with Crippen LogP contribution < -0.4 is 10.6 Å². The molecule has 3 aromatic rings. The molecule has 0 saturated carbocycles. The molecule has 1 aromatic heterocycles. The number of aromatic nitrogens is 1. The van der Waals surface area contributed by atoms with Gasteiger partial charge in [-0.1, -0.05) is 6.07 Å². The van der Waals surface area contributed by atoms with E-state index in [9.17, 15) is 8.78 Å². The Kier molecular flexibility index (Phi) is 3.58. The van der Waals surface area contributed by atoms with E-state index in [0.717, 1.165) is 29.2 Å². The van der Waals surface area contributed by atoms with Crippen LogP contribution in [0.3, 0.4) is 0 Å². The molecular weight excluding hydrogens is 272 g/mol. The van der Waals surface area contributed by atoms with Crippen molar-refractivity contribution in [3.63, 3.8) is 0 Å². The fraction of sp³-hybridized carbons (Fsp3) is 0.125. The zero-order chi connectivity index (χ0) is 14.8. The molecule has 0 aliphatic rings. The number of anilines is 2. The highest BCUT2D eigenvalue weighted by atomic mass is 19.1. The lowest BCUT2D eigenvalue weighted by Gasteiger charge is -2.08. The minimum absolute atomic E-state index is 0.248. The Morgan fingerprint density at radius 1 is 1.10 bits per heavy atom. The van der Waals surface area contributed by atoms with Crippen LogP contribution >= 0.6 is 0 Å². The highest BCUT2D eigenvalue weighted by Crippen LogP contribution is 2.25. The average molecular weight is 287 g/mol. The molecule has 3 nitrogen and oxygen atoms in total. The van der Waals surface area contributed by atoms with E-state index in [4.69, 9.17) is 0 Å². The summed E-state index contributed by atoms with van der Waals surface area (Å²) in [7, 11) is 1.89. The van der Waals surface area contributed by atoms with Gasteiger partial charge < -0.3 is 15.6 Å². The third-order valence-electron chi connectivity index (χ3n) is 3.34. The van der Waals surface area contributed by atoms with Crippen LogP contribution in [0, 0.1) is 11.6 Å². The topological polar surface area (TPSA) is 39.9 Å². The predicted octanol–water partition coefficient (Wildman–Crippen LogP) is 3.91. The summed E-state index contributed by atoms with van der Waals surface area (Å²) in [4.78, 5) is 3.19. The maximum absolute atomic E-state index is 13.6. The van der Waals surface area contributed by atoms with Gasteiger partial charge in [-0.15, -0.1) is 0 Å². The fourth-order valence-corrected chi connectivity index (χ4v) is 2.35. The number of halogens is 2. The Labute approximate surface area is 121 Å². The average Bonchev–Trinajstić information content (AvgIpc) is 2.85. The third kappa shape index (κ3) is 2.73. The van der Waals surface area contributed by atoms with Crippen LogP contribution in [-0.2, 0) is 6.54 Å². The summed E-state index contributed by atoms with van der Waals surface area (Å²) >= 11 is 0. The third-order valence-corrected chi connectivity index (χ3v) is 3.34. The van der Waals surface area contributed by atoms with E-state index in [0.29, 0.717) is 0 Å². The zero-order valence-corrected chi connectivity index (χ0v) is 11.5. The van der Waals surface area contributed by atoms with Gasteiger partial charge in [-0.3, -0.25) is 0 Å². The van der Waals surface area contributed by atoms with Crippen molar-refractivity contribution in [3.8, 4) is 0 Å². The Morgan fingerprint density at radius 3 is 2.71 bits per heavy atom. The molecule has 0 fully saturated rings. The molecular formula is C16H15F2N3. The molecule has 0 spiro atoms. The van der Waals surface area contributed by atoms with E-state index in [1.807, 2.05) is 31.4 Å². The lowest BCUT2D eigenvalue weighted by atomic mass is 10.1. The van der Waals surface area contributed by atoms with Crippen LogP contribution in [-0.4, -0.2) is 12.0 Å². The largest absolute Gasteiger partial charge is 0.361 e. The van der Waals surface area contributed by atoms with Gasteiger partial charge in [0, 0.05) is 35.4 Å². The van der Waals surface area contributed by atoms with Gasteiger partial charge in [0.2, 0.25) is 0 Å². The number of benzene rings is 2. The van der Waals surface area contributed by atoms with Crippen LogP contribution in [0.15, 0.2) is 42.6 Å². The summed E-state index contributed by atoms with van der Waals surface area (Å²) in [5.41, 5.74) is 3.13. The zero-order valence-electron chi connectivity index (χ0n) is 11.5. The monoisotopic (exact) mass is 287 g/mol. The normalized spacial score (nSPS) is 11.0. The number of rotatable bonds is 4. The van der Waals surface area contributed by atoms with E-state index < -0.39 is 11.6 Å². The number of nitrogens with one attached hydrogen (secondary N) is 3. The SMILES string of the molecule is CNCc1c[nH]c2cc(Nc3ccc(F)cc3F)ccc12. The maximum Gasteiger partial charge on any atom is 0.149 e. The molecule has 0 bridgehead atoms. The van der Waals surface area contributed by atoms with Gasteiger partial charge in [-0.2, -0.15) is 0 Å². The van der Waals surface area contributed by atoms with E-state index >= 15 is 0 Å². The number of fused-ring (bicyclic) bond motifs is 1. The van der Waals surface area contributed by atoms with Crippen molar-refractivity contribution < 1.29 is 8.78 Å². The summed E-state index contributed by atoms with van der Waals surface area (Å²) in [5.74, 6) is -1.20. The van der Waals surface area contributed by atoms with Gasteiger partial charge in [0.05, 0.1) is 5.69 Å². The Bertz CT molecular complexity index is 780. The van der Waals surface area contributed by atoms with Crippen LogP contribution in [0.5, 0.6) is 0 Å². The second kappa shape index (κ2) is 5.54. The quantitative estimate of drug-likeness (QED) is 0.681. The minimum atomic E-state index is -0.613. The second-order valence-electron chi connectivity index (χ2n) is 4.85. The van der Waals surface area contributed by atoms with Gasteiger partial charge in [-0.25, -0.2) is 8.78 Å². The Morgan fingerprint density at radius 2 is 1.95 bits per heavy atom. The Balaban J connectivity index is 1.91. The van der Waals surface area contributed by atoms with Crippen molar-refractivity contribution in [2.75, 3.05) is 12.4 Å². The molecule has 108 valence electrons. The highest BCUT2D eigenvalue weighted by Gasteiger charge is 2.07. The molecule has 3 N–H and O–H groups in total. The minimum Gasteiger partial charge on any atom is -0.361 e. The van der Waals surface area contributed by atoms with Crippen molar-refractivity contribution in [1.29, 1.82) is 0 Å². The van der Waals surface area contributed by atoms with Gasteiger partial charge >= 0.3 is 0 Å². The van der Waals surface area contributed by atoms with Gasteiger partial charge in [0.25, 0.3) is 0 Å². The molecule has 0 radical (unpaired) electrons. The first-order valence-corrected chi connectivity index (χ1v) is 6.64. The van der Waals surface area contributed by atoms with Crippen LogP contribution in [0.4, 0.5) is 20.2 Å². The number of hydrogen-bond acceptors (Lipinski definition) is 2. The first-order valence-electron chi connectivity index (χ1n) is 6.64. The highest BCUT2D eigenvalue weighted by molar-refractivity contribution is 5.87. The van der Waals surface area contributed by atoms with Crippen molar-refractivity contribution in [2.24, 2.45) is 0 Å². The van der Waals surface area contributed by atoms with E-state index in [2.05, 4.69) is 15.6 Å². The molecule has 0 unspecified atom stereocenters. The number of H-pyrrole nitrogens is 1. The molecule has 3 rings (SSSR count). The second-order valence-corrected chi connectivity index (χ2v) is 4.85. The molecule has 0 amide bonds. The number of aromatic amines is 1. The van der Waals surface area contributed by atoms with Crippen molar-refractivity contribution >= 4 is 22.3 Å². The summed E-state index contributed by atoms with van der Waals surface area (Å²) in [6.07, 6.45) is 1.95. The summed E-state index contributed by atoms with van der Waals surface area (Å²) < 4.78 is 26.5. The molecule has 0 saturated heterocycles. The standard InChI is InChI=1S/C16H15F2N3/c1-19-8-10-9-20-16-7-12(3-4-13(10)16)21-15-5-2-11(17)6-14(15)18/h2-7,9,19-21H,8H2,1H3. The molecule has 0 aliphatic carbocycles. The predicted molar refractivity (Wildman–Crippen MR) is 80.7 cm³/mol. The van der Waals surface area contributed by atoms with Gasteiger partial charge in [0.1, 0.15) is 11.6 Å². The molecule has 0 aliphatic heterocycles. The van der Waals surface area contributed by atoms with Crippen molar-refractivity contribution in [3.05, 3.63) is 59.8 Å². The first-order chi connectivity index (χ1) is 10.2. The van der Waals surface area contributed by atoms with Crippen LogP contribution in [0.25, 0.3) is 10.9 Å². The fourth-order valence-electron chi connectivity index (χ4n) is 2.35. The molecule has 5 heteroatoms. The van der Waals surface area contributed by atoms with Crippen molar-refractivity contribution in [1.82, 2.24) is 10.3 Å². The van der Waals surface area contributed by atoms with Crippen LogP contribution in [0.2, 0.25) is 0 Å². The number of hydrogen-bond donors (Lipinski definition) is 3. The van der Waals surface area contributed by atoms with E-state index in [-0.39, 0.29) is 5.69 Å². The maximum atomic E-state index is 13.6. The summed E-state index contributed by atoms with van der Waals surface area (Å²) in [6.45, 7) is 0.777. The van der Waals surface area contributed by atoms with Gasteiger partial charge in [-0.05, 0) is 36.9 Å². The summed E-state index contributed by atoms with van der Waals surface area (Å²) in [5, 5.41) is 7.18. The molecule has 21 heavy (non-hydrogen) atoms.